The molecule has 2 aliphatic rings. The fourth-order valence-corrected chi connectivity index (χ4v) is 6.31. The van der Waals surface area contributed by atoms with E-state index in [0.29, 0.717) is 42.8 Å². The number of amides is 1. The van der Waals surface area contributed by atoms with Gasteiger partial charge >= 0.3 is 0 Å². The summed E-state index contributed by atoms with van der Waals surface area (Å²) in [5.74, 6) is -0.234. The number of halogens is 3. The van der Waals surface area contributed by atoms with Crippen molar-refractivity contribution in [3.8, 4) is 11.5 Å². The Bertz CT molecular complexity index is 1420. The maximum absolute atomic E-state index is 13.3. The second kappa shape index (κ2) is 9.79. The highest BCUT2D eigenvalue weighted by Gasteiger charge is 2.67. The molecule has 1 saturated heterocycles. The molecule has 0 aliphatic carbocycles. The van der Waals surface area contributed by atoms with Crippen molar-refractivity contribution < 1.29 is 19.2 Å². The number of para-hydroxylation sites is 1. The van der Waals surface area contributed by atoms with Crippen LogP contribution < -0.4 is 20.1 Å². The van der Waals surface area contributed by atoms with Crippen molar-refractivity contribution in [1.82, 2.24) is 5.32 Å². The zero-order valence-corrected chi connectivity index (χ0v) is 22.9. The molecular formula is C26H22BrCl2N3O5. The van der Waals surface area contributed by atoms with Crippen LogP contribution in [0.2, 0.25) is 10.0 Å². The van der Waals surface area contributed by atoms with Crippen LogP contribution in [0.25, 0.3) is 0 Å². The molecule has 0 unspecified atom stereocenters. The average molecular weight is 607 g/mol. The molecule has 37 heavy (non-hydrogen) atoms. The number of hydrogen-bond donors (Lipinski definition) is 2. The molecule has 0 saturated carbocycles. The molecule has 1 spiro atoms. The Hall–Kier alpha value is -2.85. The average Bonchev–Trinajstić information content (AvgIpc) is 3.33. The van der Waals surface area contributed by atoms with Crippen LogP contribution in [0.3, 0.4) is 0 Å². The van der Waals surface area contributed by atoms with Crippen molar-refractivity contribution in [1.29, 1.82) is 0 Å². The zero-order valence-electron chi connectivity index (χ0n) is 19.8. The van der Waals surface area contributed by atoms with Crippen LogP contribution in [0.15, 0.2) is 59.1 Å². The molecule has 3 aromatic rings. The van der Waals surface area contributed by atoms with Gasteiger partial charge in [-0.3, -0.25) is 20.2 Å². The van der Waals surface area contributed by atoms with Crippen molar-refractivity contribution in [2.45, 2.75) is 37.1 Å². The minimum atomic E-state index is -1.49. The normalized spacial score (nSPS) is 24.1. The van der Waals surface area contributed by atoms with E-state index >= 15 is 0 Å². The van der Waals surface area contributed by atoms with Crippen LogP contribution in [-0.4, -0.2) is 30.0 Å². The van der Waals surface area contributed by atoms with E-state index in [2.05, 4.69) is 26.6 Å². The van der Waals surface area contributed by atoms with E-state index in [-0.39, 0.29) is 11.5 Å². The Morgan fingerprint density at radius 2 is 1.89 bits per heavy atom. The van der Waals surface area contributed by atoms with E-state index in [4.69, 9.17) is 32.7 Å². The lowest BCUT2D eigenvalue weighted by Gasteiger charge is -2.25. The quantitative estimate of drug-likeness (QED) is 0.267. The molecule has 2 heterocycles. The number of ether oxygens (including phenoxy) is 2. The fourth-order valence-electron chi connectivity index (χ4n) is 5.41. The van der Waals surface area contributed by atoms with Crippen LogP contribution in [0.4, 0.5) is 5.69 Å². The molecule has 11 heteroatoms. The van der Waals surface area contributed by atoms with Crippen LogP contribution in [0, 0.1) is 10.1 Å². The molecule has 192 valence electrons. The maximum atomic E-state index is 13.3. The summed E-state index contributed by atoms with van der Waals surface area (Å²) in [6.45, 7) is 2.05. The van der Waals surface area contributed by atoms with E-state index in [0.717, 1.165) is 5.56 Å². The number of rotatable bonds is 6. The number of nitro groups is 1. The summed E-state index contributed by atoms with van der Waals surface area (Å²) < 4.78 is 12.2. The number of hydrogen-bond acceptors (Lipinski definition) is 6. The van der Waals surface area contributed by atoms with E-state index in [1.807, 2.05) is 6.92 Å². The highest BCUT2D eigenvalue weighted by Crippen LogP contribution is 2.51. The summed E-state index contributed by atoms with van der Waals surface area (Å²) in [7, 11) is 1.50. The molecule has 0 aromatic heterocycles. The first-order valence-corrected chi connectivity index (χ1v) is 13.0. The molecule has 0 bridgehead atoms. The number of methoxy groups -OCH3 is 1. The molecule has 1 amide bonds. The molecule has 8 nitrogen and oxygen atoms in total. The first kappa shape index (κ1) is 25.8. The third-order valence-electron chi connectivity index (χ3n) is 6.97. The van der Waals surface area contributed by atoms with Gasteiger partial charge in [-0.15, -0.1) is 0 Å². The van der Waals surface area contributed by atoms with Crippen molar-refractivity contribution >= 4 is 50.7 Å². The van der Waals surface area contributed by atoms with Crippen molar-refractivity contribution in [3.63, 3.8) is 0 Å². The molecule has 2 aliphatic heterocycles. The van der Waals surface area contributed by atoms with Gasteiger partial charge in [0, 0.05) is 22.2 Å². The maximum Gasteiger partial charge on any atom is 0.256 e. The highest BCUT2D eigenvalue weighted by atomic mass is 79.9. The number of fused-ring (bicyclic) bond motifs is 2. The zero-order chi connectivity index (χ0) is 26.5. The minimum Gasteiger partial charge on any atom is -0.493 e. The molecule has 3 aromatic carbocycles. The van der Waals surface area contributed by atoms with Gasteiger partial charge in [0.2, 0.25) is 0 Å². The van der Waals surface area contributed by atoms with Gasteiger partial charge in [0.1, 0.15) is 6.61 Å². The van der Waals surface area contributed by atoms with Gasteiger partial charge in [-0.2, -0.15) is 0 Å². The predicted octanol–water partition coefficient (Wildman–Crippen LogP) is 5.91. The summed E-state index contributed by atoms with van der Waals surface area (Å²) >= 11 is 15.7. The third-order valence-corrected chi connectivity index (χ3v) is 8.30. The SMILES string of the molecule is COc1cc([C@@H]2[C@H](C)N[C@@]3(C(=O)Nc4ccccc43)[C@@H]2[N+](=O)[O-])cc(Br)c1OCc1ccc(Cl)c(Cl)c1. The Balaban J connectivity index is 1.52. The third kappa shape index (κ3) is 4.24. The second-order valence-electron chi connectivity index (χ2n) is 9.07. The molecule has 5 rings (SSSR count). The number of carbonyl (C=O) groups is 1. The van der Waals surface area contributed by atoms with Gasteiger partial charge in [0.05, 0.1) is 27.5 Å². The summed E-state index contributed by atoms with van der Waals surface area (Å²) in [6, 6.07) is 14.1. The van der Waals surface area contributed by atoms with Gasteiger partial charge in [0.25, 0.3) is 11.9 Å². The van der Waals surface area contributed by atoms with E-state index in [9.17, 15) is 14.9 Å². The number of carbonyl (C=O) groups excluding carboxylic acids is 1. The number of benzene rings is 3. The van der Waals surface area contributed by atoms with E-state index in [1.54, 1.807) is 54.6 Å². The Morgan fingerprint density at radius 3 is 2.59 bits per heavy atom. The second-order valence-corrected chi connectivity index (χ2v) is 10.7. The lowest BCUT2D eigenvalue weighted by Crippen LogP contribution is -2.54. The largest absolute Gasteiger partial charge is 0.493 e. The van der Waals surface area contributed by atoms with Gasteiger partial charge < -0.3 is 14.8 Å². The van der Waals surface area contributed by atoms with Crippen LogP contribution >= 0.6 is 39.1 Å². The van der Waals surface area contributed by atoms with E-state index in [1.165, 1.54) is 7.11 Å². The highest BCUT2D eigenvalue weighted by molar-refractivity contribution is 9.10. The first-order valence-electron chi connectivity index (χ1n) is 11.4. The molecule has 0 radical (unpaired) electrons. The summed E-state index contributed by atoms with van der Waals surface area (Å²) in [4.78, 5) is 25.5. The Kier molecular flexibility index (Phi) is 6.83. The summed E-state index contributed by atoms with van der Waals surface area (Å²) in [6.07, 6.45) is 0. The van der Waals surface area contributed by atoms with Crippen molar-refractivity contribution in [2.75, 3.05) is 12.4 Å². The standard InChI is InChI=1S/C26H22BrCl2N3O5/c1-13-22(24(32(34)35)26(31-13)16-5-3-4-6-20(16)30-25(26)33)15-10-17(27)23(21(11-15)36-2)37-12-14-7-8-18(28)19(29)9-14/h3-11,13,22,24,31H,12H2,1-2H3,(H,30,33)/t13-,22-,24+,26+/m0/s1. The topological polar surface area (TPSA) is 103 Å². The van der Waals surface area contributed by atoms with Crippen molar-refractivity contribution in [2.24, 2.45) is 0 Å². The first-order chi connectivity index (χ1) is 17.7. The lowest BCUT2D eigenvalue weighted by atomic mass is 9.78. The van der Waals surface area contributed by atoms with Gasteiger partial charge in [0.15, 0.2) is 17.0 Å². The van der Waals surface area contributed by atoms with E-state index < -0.39 is 29.4 Å². The molecule has 4 atom stereocenters. The monoisotopic (exact) mass is 605 g/mol. The van der Waals surface area contributed by atoms with Crippen LogP contribution in [0.5, 0.6) is 11.5 Å². The minimum absolute atomic E-state index is 0.199. The van der Waals surface area contributed by atoms with Crippen LogP contribution in [-0.2, 0) is 16.9 Å². The number of anilines is 1. The van der Waals surface area contributed by atoms with Crippen molar-refractivity contribution in [3.05, 3.63) is 95.9 Å². The van der Waals surface area contributed by atoms with Gasteiger partial charge in [-0.05, 0) is 64.3 Å². The summed E-state index contributed by atoms with van der Waals surface area (Å²) in [5.41, 5.74) is 1.10. The lowest BCUT2D eigenvalue weighted by molar-refractivity contribution is -0.532. The van der Waals surface area contributed by atoms with Crippen LogP contribution in [0.1, 0.15) is 29.5 Å². The predicted molar refractivity (Wildman–Crippen MR) is 144 cm³/mol. The molecular weight excluding hydrogens is 585 g/mol. The van der Waals surface area contributed by atoms with Gasteiger partial charge in [-0.25, -0.2) is 0 Å². The number of nitrogens with zero attached hydrogens (tertiary/aromatic N) is 1. The summed E-state index contributed by atoms with van der Waals surface area (Å²) in [5, 5.41) is 19.5. The fraction of sp³-hybridized carbons (Fsp3) is 0.269. The Labute approximate surface area is 231 Å². The Morgan fingerprint density at radius 1 is 1.14 bits per heavy atom. The smallest absolute Gasteiger partial charge is 0.256 e. The van der Waals surface area contributed by atoms with Gasteiger partial charge in [-0.1, -0.05) is 47.5 Å². The number of nitrogens with one attached hydrogen (secondary N) is 2. The molecule has 2 N–H and O–H groups in total. The molecule has 1 fully saturated rings.